The molecule has 0 spiro atoms. The number of thioether (sulfide) groups is 1. The number of benzene rings is 1. The van der Waals surface area contributed by atoms with E-state index in [1.165, 1.54) is 0 Å². The van der Waals surface area contributed by atoms with Crippen LogP contribution in [0.15, 0.2) is 45.8 Å². The van der Waals surface area contributed by atoms with Gasteiger partial charge in [-0.15, -0.1) is 11.8 Å². The molecule has 1 N–H and O–H groups in total. The Kier molecular flexibility index (Phi) is 5.75. The van der Waals surface area contributed by atoms with E-state index in [0.717, 1.165) is 4.90 Å². The Labute approximate surface area is 150 Å². The lowest BCUT2D eigenvalue weighted by atomic mass is 9.96. The number of carbonyl (C=O) groups is 2. The van der Waals surface area contributed by atoms with Gasteiger partial charge in [-0.25, -0.2) is 0 Å². The first-order valence-electron chi connectivity index (χ1n) is 8.31. The molecule has 2 aromatic rings. The maximum atomic E-state index is 12.3. The molecule has 0 saturated carbocycles. The molecule has 1 fully saturated rings. The highest BCUT2D eigenvalue weighted by Gasteiger charge is 2.27. The minimum atomic E-state index is -0.0946. The molecule has 0 aliphatic carbocycles. The van der Waals surface area contributed by atoms with Crippen molar-refractivity contribution in [3.63, 3.8) is 0 Å². The average Bonchev–Trinajstić information content (AvgIpc) is 3.05. The normalized spacial score (nSPS) is 15.2. The predicted octanol–water partition coefficient (Wildman–Crippen LogP) is 2.95. The number of nitrogens with zero attached hydrogens (tertiary/aromatic N) is 2. The van der Waals surface area contributed by atoms with Crippen LogP contribution in [-0.4, -0.2) is 40.7 Å². The van der Waals surface area contributed by atoms with Gasteiger partial charge in [-0.1, -0.05) is 23.4 Å². The zero-order chi connectivity index (χ0) is 17.6. The monoisotopic (exact) mass is 359 g/mol. The van der Waals surface area contributed by atoms with Crippen LogP contribution < -0.4 is 5.32 Å². The summed E-state index contributed by atoms with van der Waals surface area (Å²) < 4.78 is 4.94. The molecule has 0 radical (unpaired) electrons. The van der Waals surface area contributed by atoms with Gasteiger partial charge in [0, 0.05) is 30.0 Å². The Hall–Kier alpha value is -2.28. The van der Waals surface area contributed by atoms with Crippen LogP contribution in [0.4, 0.5) is 5.82 Å². The number of carbonyl (C=O) groups excluding carboxylic acids is 2. The lowest BCUT2D eigenvalue weighted by molar-refractivity contribution is -0.132. The summed E-state index contributed by atoms with van der Waals surface area (Å²) in [7, 11) is 0. The molecule has 3 rings (SSSR count). The van der Waals surface area contributed by atoms with Crippen LogP contribution >= 0.6 is 11.8 Å². The molecular weight excluding hydrogens is 338 g/mol. The molecule has 1 aliphatic heterocycles. The van der Waals surface area contributed by atoms with Gasteiger partial charge in [0.1, 0.15) is 5.76 Å². The first-order valence-corrected chi connectivity index (χ1v) is 9.30. The van der Waals surface area contributed by atoms with Crippen molar-refractivity contribution in [1.29, 1.82) is 0 Å². The lowest BCUT2D eigenvalue weighted by Crippen LogP contribution is -2.42. The van der Waals surface area contributed by atoms with E-state index in [-0.39, 0.29) is 17.7 Å². The maximum absolute atomic E-state index is 12.3. The molecule has 6 nitrogen and oxygen atoms in total. The topological polar surface area (TPSA) is 75.4 Å². The van der Waals surface area contributed by atoms with Crippen LogP contribution in [0.5, 0.6) is 0 Å². The van der Waals surface area contributed by atoms with Gasteiger partial charge < -0.3 is 14.7 Å². The minimum Gasteiger partial charge on any atom is -0.360 e. The summed E-state index contributed by atoms with van der Waals surface area (Å²) in [5, 5.41) is 6.54. The van der Waals surface area contributed by atoms with Gasteiger partial charge in [-0.05, 0) is 31.9 Å². The zero-order valence-corrected chi connectivity index (χ0v) is 14.9. The molecule has 0 bridgehead atoms. The van der Waals surface area contributed by atoms with Gasteiger partial charge in [0.15, 0.2) is 5.82 Å². The van der Waals surface area contributed by atoms with Gasteiger partial charge in [0.25, 0.3) is 0 Å². The quantitative estimate of drug-likeness (QED) is 0.831. The van der Waals surface area contributed by atoms with E-state index in [4.69, 9.17) is 4.52 Å². The van der Waals surface area contributed by atoms with Gasteiger partial charge in [0.2, 0.25) is 11.8 Å². The maximum Gasteiger partial charge on any atom is 0.232 e. The predicted molar refractivity (Wildman–Crippen MR) is 96.3 cm³/mol. The van der Waals surface area contributed by atoms with Crippen LogP contribution in [-0.2, 0) is 9.59 Å². The third-order valence-corrected chi connectivity index (χ3v) is 5.20. The number of nitrogens with one attached hydrogen (secondary N) is 1. The number of hydrogen-bond acceptors (Lipinski definition) is 5. The highest BCUT2D eigenvalue weighted by molar-refractivity contribution is 8.00. The van der Waals surface area contributed by atoms with Crippen molar-refractivity contribution < 1.29 is 14.1 Å². The lowest BCUT2D eigenvalue weighted by Gasteiger charge is -2.31. The minimum absolute atomic E-state index is 0.0564. The van der Waals surface area contributed by atoms with E-state index in [9.17, 15) is 9.59 Å². The van der Waals surface area contributed by atoms with Crippen molar-refractivity contribution in [3.05, 3.63) is 42.2 Å². The molecule has 1 saturated heterocycles. The summed E-state index contributed by atoms with van der Waals surface area (Å²) in [6, 6.07) is 11.6. The number of rotatable bonds is 5. The number of likely N-dealkylation sites (tertiary alicyclic amines) is 1. The zero-order valence-electron chi connectivity index (χ0n) is 14.1. The molecule has 1 aromatic heterocycles. The van der Waals surface area contributed by atoms with E-state index >= 15 is 0 Å². The number of aryl methyl sites for hydroxylation is 1. The number of piperidine rings is 1. The Morgan fingerprint density at radius 2 is 2.00 bits per heavy atom. The molecule has 1 aliphatic rings. The third kappa shape index (κ3) is 4.85. The molecule has 2 heterocycles. The van der Waals surface area contributed by atoms with Gasteiger partial charge >= 0.3 is 0 Å². The SMILES string of the molecule is Cc1cc(NC(=O)C2CCN(C(=O)CSc3ccccc3)CC2)no1. The van der Waals surface area contributed by atoms with Crippen molar-refractivity contribution in [2.45, 2.75) is 24.7 Å². The Morgan fingerprint density at radius 1 is 1.28 bits per heavy atom. The third-order valence-electron chi connectivity index (χ3n) is 4.20. The Balaban J connectivity index is 1.43. The fourth-order valence-electron chi connectivity index (χ4n) is 2.80. The van der Waals surface area contributed by atoms with Crippen LogP contribution in [0.1, 0.15) is 18.6 Å². The van der Waals surface area contributed by atoms with Gasteiger partial charge in [-0.2, -0.15) is 0 Å². The van der Waals surface area contributed by atoms with Crippen LogP contribution in [0.3, 0.4) is 0 Å². The first kappa shape index (κ1) is 17.5. The van der Waals surface area contributed by atoms with E-state index in [1.807, 2.05) is 35.2 Å². The second kappa shape index (κ2) is 8.20. The smallest absolute Gasteiger partial charge is 0.232 e. The molecule has 2 amide bonds. The van der Waals surface area contributed by atoms with E-state index in [1.54, 1.807) is 24.8 Å². The second-order valence-electron chi connectivity index (χ2n) is 6.07. The van der Waals surface area contributed by atoms with E-state index < -0.39 is 0 Å². The summed E-state index contributed by atoms with van der Waals surface area (Å²) in [6.07, 6.45) is 1.34. The molecular formula is C18H21N3O3S. The van der Waals surface area contributed by atoms with Gasteiger partial charge in [0.05, 0.1) is 5.75 Å². The second-order valence-corrected chi connectivity index (χ2v) is 7.12. The summed E-state index contributed by atoms with van der Waals surface area (Å²) in [5.41, 5.74) is 0. The van der Waals surface area contributed by atoms with Crippen molar-refractivity contribution in [3.8, 4) is 0 Å². The fourth-order valence-corrected chi connectivity index (χ4v) is 3.62. The first-order chi connectivity index (χ1) is 12.1. The van der Waals surface area contributed by atoms with Crippen molar-refractivity contribution in [2.75, 3.05) is 24.2 Å². The summed E-state index contributed by atoms with van der Waals surface area (Å²) in [6.45, 7) is 3.01. The van der Waals surface area contributed by atoms with E-state index in [2.05, 4.69) is 10.5 Å². The highest BCUT2D eigenvalue weighted by atomic mass is 32.2. The number of hydrogen-bond donors (Lipinski definition) is 1. The van der Waals surface area contributed by atoms with Crippen molar-refractivity contribution >= 4 is 29.4 Å². The summed E-state index contributed by atoms with van der Waals surface area (Å²) in [4.78, 5) is 27.5. The fraction of sp³-hybridized carbons (Fsp3) is 0.389. The van der Waals surface area contributed by atoms with Crippen LogP contribution in [0.25, 0.3) is 0 Å². The number of anilines is 1. The molecule has 0 atom stereocenters. The number of amides is 2. The number of aromatic nitrogens is 1. The Morgan fingerprint density at radius 3 is 2.64 bits per heavy atom. The highest BCUT2D eigenvalue weighted by Crippen LogP contribution is 2.22. The van der Waals surface area contributed by atoms with Crippen molar-refractivity contribution in [2.24, 2.45) is 5.92 Å². The van der Waals surface area contributed by atoms with Crippen LogP contribution in [0.2, 0.25) is 0 Å². The van der Waals surface area contributed by atoms with E-state index in [0.29, 0.717) is 43.3 Å². The average molecular weight is 359 g/mol. The molecule has 0 unspecified atom stereocenters. The molecule has 1 aromatic carbocycles. The molecule has 7 heteroatoms. The largest absolute Gasteiger partial charge is 0.360 e. The summed E-state index contributed by atoms with van der Waals surface area (Å²) in [5.74, 6) is 1.51. The van der Waals surface area contributed by atoms with Gasteiger partial charge in [-0.3, -0.25) is 9.59 Å². The molecule has 132 valence electrons. The van der Waals surface area contributed by atoms with Crippen LogP contribution in [0, 0.1) is 12.8 Å². The Bertz CT molecular complexity index is 724. The standard InChI is InChI=1S/C18H21N3O3S/c1-13-11-16(20-24-13)19-18(23)14-7-9-21(10-8-14)17(22)12-25-15-5-3-2-4-6-15/h2-6,11,14H,7-10,12H2,1H3,(H,19,20,23). The summed E-state index contributed by atoms with van der Waals surface area (Å²) >= 11 is 1.54. The van der Waals surface area contributed by atoms with Crippen molar-refractivity contribution in [1.82, 2.24) is 10.1 Å². The molecule has 25 heavy (non-hydrogen) atoms.